The molecule has 0 fully saturated rings. The first-order chi connectivity index (χ1) is 10.1. The molecule has 0 saturated heterocycles. The summed E-state index contributed by atoms with van der Waals surface area (Å²) >= 11 is 3.41. The predicted octanol–water partition coefficient (Wildman–Crippen LogP) is 2.13. The third-order valence-electron chi connectivity index (χ3n) is 3.94. The lowest BCUT2D eigenvalue weighted by atomic mass is 9.98. The summed E-state index contributed by atoms with van der Waals surface area (Å²) in [6, 6.07) is 8.27. The van der Waals surface area contributed by atoms with Gasteiger partial charge in [0.25, 0.3) is 5.56 Å². The maximum atomic E-state index is 12.1. The van der Waals surface area contributed by atoms with Crippen molar-refractivity contribution in [1.82, 2.24) is 9.78 Å². The van der Waals surface area contributed by atoms with Gasteiger partial charge in [0.05, 0.1) is 11.9 Å². The average molecular weight is 349 g/mol. The molecule has 110 valence electrons. The normalized spacial score (nSPS) is 17.1. The van der Waals surface area contributed by atoms with Gasteiger partial charge in [0, 0.05) is 25.2 Å². The van der Waals surface area contributed by atoms with E-state index in [2.05, 4.69) is 38.1 Å². The second-order valence-electron chi connectivity index (χ2n) is 5.22. The van der Waals surface area contributed by atoms with Gasteiger partial charge >= 0.3 is 0 Å². The van der Waals surface area contributed by atoms with Crippen molar-refractivity contribution >= 4 is 27.3 Å². The summed E-state index contributed by atoms with van der Waals surface area (Å²) in [5.41, 5.74) is 8.83. The van der Waals surface area contributed by atoms with E-state index in [1.807, 2.05) is 12.1 Å². The molecule has 1 unspecified atom stereocenters. The molecule has 1 aliphatic heterocycles. The summed E-state index contributed by atoms with van der Waals surface area (Å²) in [4.78, 5) is 14.2. The molecule has 1 atom stereocenters. The minimum Gasteiger partial charge on any atom is -0.338 e. The molecule has 5 nitrogen and oxygen atoms in total. The van der Waals surface area contributed by atoms with Crippen LogP contribution in [0.5, 0.6) is 0 Å². The van der Waals surface area contributed by atoms with Gasteiger partial charge in [0.2, 0.25) is 0 Å². The highest BCUT2D eigenvalue weighted by molar-refractivity contribution is 9.10. The minimum atomic E-state index is -0.132. The third-order valence-corrected chi connectivity index (χ3v) is 4.68. The molecule has 0 saturated carbocycles. The van der Waals surface area contributed by atoms with Gasteiger partial charge in [0.1, 0.15) is 4.47 Å². The third kappa shape index (κ3) is 2.38. The van der Waals surface area contributed by atoms with Crippen molar-refractivity contribution in [2.24, 2.45) is 12.8 Å². The number of hydrogen-bond donors (Lipinski definition) is 1. The van der Waals surface area contributed by atoms with Crippen LogP contribution in [-0.4, -0.2) is 22.9 Å². The highest BCUT2D eigenvalue weighted by atomic mass is 79.9. The molecule has 0 amide bonds. The SMILES string of the molecule is Cn1ncc(N2CC(CCN)c3ccccc32)c(Br)c1=O. The smallest absolute Gasteiger partial charge is 0.282 e. The standard InChI is InChI=1S/C15H17BrN4O/c1-19-15(21)14(16)13(8-18-19)20-9-10(6-7-17)11-4-2-3-5-12(11)20/h2-5,8,10H,6-7,9,17H2,1H3. The zero-order valence-electron chi connectivity index (χ0n) is 11.8. The lowest BCUT2D eigenvalue weighted by molar-refractivity contribution is 0.663. The Morgan fingerprint density at radius 2 is 2.14 bits per heavy atom. The van der Waals surface area contributed by atoms with Crippen LogP contribution in [0.2, 0.25) is 0 Å². The maximum absolute atomic E-state index is 12.1. The topological polar surface area (TPSA) is 64.2 Å². The van der Waals surface area contributed by atoms with Crippen molar-refractivity contribution < 1.29 is 0 Å². The number of fused-ring (bicyclic) bond motifs is 1. The lowest BCUT2D eigenvalue weighted by Crippen LogP contribution is -2.25. The first kappa shape index (κ1) is 14.3. The Bertz CT molecular complexity index is 728. The van der Waals surface area contributed by atoms with Gasteiger partial charge < -0.3 is 10.6 Å². The molecule has 0 bridgehead atoms. The van der Waals surface area contributed by atoms with Crippen LogP contribution >= 0.6 is 15.9 Å². The summed E-state index contributed by atoms with van der Waals surface area (Å²) < 4.78 is 1.87. The fraction of sp³-hybridized carbons (Fsp3) is 0.333. The number of benzene rings is 1. The molecule has 2 aromatic rings. The van der Waals surface area contributed by atoms with Crippen LogP contribution in [0.3, 0.4) is 0 Å². The second-order valence-corrected chi connectivity index (χ2v) is 6.01. The first-order valence-corrected chi connectivity index (χ1v) is 7.71. The quantitative estimate of drug-likeness (QED) is 0.922. The van der Waals surface area contributed by atoms with Crippen LogP contribution in [0, 0.1) is 0 Å². The molecule has 0 radical (unpaired) electrons. The molecule has 6 heteroatoms. The van der Waals surface area contributed by atoms with Gasteiger partial charge in [-0.1, -0.05) is 18.2 Å². The predicted molar refractivity (Wildman–Crippen MR) is 87.0 cm³/mol. The molecule has 1 aromatic heterocycles. The number of anilines is 2. The van der Waals surface area contributed by atoms with Gasteiger partial charge in [-0.25, -0.2) is 4.68 Å². The fourth-order valence-electron chi connectivity index (χ4n) is 2.86. The zero-order chi connectivity index (χ0) is 15.0. The lowest BCUT2D eigenvalue weighted by Gasteiger charge is -2.21. The number of aryl methyl sites for hydroxylation is 1. The number of rotatable bonds is 3. The van der Waals surface area contributed by atoms with Gasteiger partial charge in [-0.3, -0.25) is 4.79 Å². The summed E-state index contributed by atoms with van der Waals surface area (Å²) in [6.07, 6.45) is 2.66. The molecule has 0 spiro atoms. The van der Waals surface area contributed by atoms with Crippen LogP contribution < -0.4 is 16.2 Å². The van der Waals surface area contributed by atoms with Gasteiger partial charge in [0.15, 0.2) is 0 Å². The van der Waals surface area contributed by atoms with Crippen LogP contribution in [0.1, 0.15) is 17.9 Å². The minimum absolute atomic E-state index is 0.132. The molecular formula is C15H17BrN4O. The van der Waals surface area contributed by atoms with Crippen molar-refractivity contribution in [2.75, 3.05) is 18.0 Å². The summed E-state index contributed by atoms with van der Waals surface area (Å²) in [7, 11) is 1.64. The summed E-state index contributed by atoms with van der Waals surface area (Å²) in [6.45, 7) is 1.48. The Kier molecular flexibility index (Phi) is 3.82. The monoisotopic (exact) mass is 348 g/mol. The molecule has 2 heterocycles. The Morgan fingerprint density at radius 3 is 2.90 bits per heavy atom. The highest BCUT2D eigenvalue weighted by Gasteiger charge is 2.30. The van der Waals surface area contributed by atoms with Crippen LogP contribution in [-0.2, 0) is 7.05 Å². The van der Waals surface area contributed by atoms with E-state index in [0.717, 1.165) is 24.3 Å². The van der Waals surface area contributed by atoms with Gasteiger partial charge in [-0.05, 0) is 40.5 Å². The zero-order valence-corrected chi connectivity index (χ0v) is 13.4. The summed E-state index contributed by atoms with van der Waals surface area (Å²) in [5.74, 6) is 0.391. The van der Waals surface area contributed by atoms with E-state index >= 15 is 0 Å². The van der Waals surface area contributed by atoms with Crippen LogP contribution in [0.4, 0.5) is 11.4 Å². The van der Waals surface area contributed by atoms with E-state index in [1.165, 1.54) is 10.2 Å². The van der Waals surface area contributed by atoms with Crippen LogP contribution in [0.25, 0.3) is 0 Å². The Labute approximate surface area is 131 Å². The molecule has 0 aliphatic carbocycles. The highest BCUT2D eigenvalue weighted by Crippen LogP contribution is 2.43. The number of hydrogen-bond acceptors (Lipinski definition) is 4. The molecular weight excluding hydrogens is 332 g/mol. The molecule has 21 heavy (non-hydrogen) atoms. The van der Waals surface area contributed by atoms with E-state index in [-0.39, 0.29) is 5.56 Å². The van der Waals surface area contributed by atoms with Gasteiger partial charge in [-0.2, -0.15) is 5.10 Å². The van der Waals surface area contributed by atoms with Crippen LogP contribution in [0.15, 0.2) is 39.7 Å². The number of halogens is 1. The Hall–Kier alpha value is -1.66. The molecule has 1 aliphatic rings. The first-order valence-electron chi connectivity index (χ1n) is 6.92. The maximum Gasteiger partial charge on any atom is 0.282 e. The average Bonchev–Trinajstić information content (AvgIpc) is 2.85. The van der Waals surface area contributed by atoms with E-state index in [9.17, 15) is 4.79 Å². The number of nitrogens with two attached hydrogens (primary N) is 1. The van der Waals surface area contributed by atoms with Gasteiger partial charge in [-0.15, -0.1) is 0 Å². The Balaban J connectivity index is 2.09. The molecule has 2 N–H and O–H groups in total. The van der Waals surface area contributed by atoms with E-state index in [4.69, 9.17) is 5.73 Å². The number of para-hydroxylation sites is 1. The number of nitrogens with zero attached hydrogens (tertiary/aromatic N) is 3. The van der Waals surface area contributed by atoms with Crippen molar-refractivity contribution in [1.29, 1.82) is 0 Å². The molecule has 1 aromatic carbocycles. The summed E-state index contributed by atoms with van der Waals surface area (Å²) in [5, 5.41) is 4.14. The van der Waals surface area contributed by atoms with Crippen molar-refractivity contribution in [2.45, 2.75) is 12.3 Å². The number of aromatic nitrogens is 2. The Morgan fingerprint density at radius 1 is 1.38 bits per heavy atom. The van der Waals surface area contributed by atoms with E-state index in [1.54, 1.807) is 13.2 Å². The van der Waals surface area contributed by atoms with E-state index < -0.39 is 0 Å². The van der Waals surface area contributed by atoms with Crippen molar-refractivity contribution in [3.8, 4) is 0 Å². The van der Waals surface area contributed by atoms with E-state index in [0.29, 0.717) is 16.9 Å². The van der Waals surface area contributed by atoms with Crippen molar-refractivity contribution in [3.63, 3.8) is 0 Å². The second kappa shape index (κ2) is 5.61. The fourth-order valence-corrected chi connectivity index (χ4v) is 3.43. The molecule has 3 rings (SSSR count). The van der Waals surface area contributed by atoms with Crippen molar-refractivity contribution in [3.05, 3.63) is 50.9 Å². The largest absolute Gasteiger partial charge is 0.338 e.